The molecule has 0 N–H and O–H groups in total. The number of aromatic nitrogens is 4. The van der Waals surface area contributed by atoms with Gasteiger partial charge >= 0.3 is 0 Å². The van der Waals surface area contributed by atoms with Crippen molar-refractivity contribution in [2.75, 3.05) is 12.1 Å². The summed E-state index contributed by atoms with van der Waals surface area (Å²) in [5, 5.41) is 17.5. The standard InChI is InChI=1S/C23H21ClN6OS/c1-13-14(2)32-22-20(13)21(16-5-7-17(24)8-6-16)28-29(23-27-26-15(3)30(22)23)12-18-11-19(31-4)9-10-25-18/h5-11H,12H2,1-4H3. The van der Waals surface area contributed by atoms with Gasteiger partial charge in [0.15, 0.2) is 0 Å². The minimum absolute atomic E-state index is 0.416. The van der Waals surface area contributed by atoms with Gasteiger partial charge in [0.25, 0.3) is 5.95 Å². The molecule has 32 heavy (non-hydrogen) atoms. The fraction of sp³-hybridized carbons (Fsp3) is 0.217. The molecule has 4 aromatic rings. The summed E-state index contributed by atoms with van der Waals surface area (Å²) in [5.74, 6) is 2.20. The van der Waals surface area contributed by atoms with E-state index in [1.807, 2.05) is 48.3 Å². The van der Waals surface area contributed by atoms with Crippen molar-refractivity contribution >= 4 is 34.6 Å². The summed E-state index contributed by atoms with van der Waals surface area (Å²) >= 11 is 7.89. The smallest absolute Gasteiger partial charge is 0.253 e. The number of aryl methyl sites for hydroxylation is 2. The van der Waals surface area contributed by atoms with Crippen molar-refractivity contribution < 1.29 is 4.74 Å². The third kappa shape index (κ3) is 3.45. The molecule has 0 amide bonds. The van der Waals surface area contributed by atoms with Gasteiger partial charge in [0, 0.05) is 33.3 Å². The number of methoxy groups -OCH3 is 1. The summed E-state index contributed by atoms with van der Waals surface area (Å²) in [6.07, 6.45) is 1.73. The lowest BCUT2D eigenvalue weighted by Gasteiger charge is -2.18. The Morgan fingerprint density at radius 2 is 1.84 bits per heavy atom. The van der Waals surface area contributed by atoms with Crippen LogP contribution in [-0.4, -0.2) is 32.6 Å². The second-order valence-electron chi connectivity index (χ2n) is 7.55. The van der Waals surface area contributed by atoms with E-state index in [1.54, 1.807) is 24.6 Å². The van der Waals surface area contributed by atoms with E-state index in [0.717, 1.165) is 39.1 Å². The number of benzene rings is 1. The van der Waals surface area contributed by atoms with Crippen LogP contribution in [0.15, 0.2) is 47.7 Å². The molecule has 162 valence electrons. The van der Waals surface area contributed by atoms with Gasteiger partial charge in [-0.25, -0.2) is 5.01 Å². The maximum atomic E-state index is 6.17. The van der Waals surface area contributed by atoms with E-state index in [4.69, 9.17) is 21.4 Å². The number of fused-ring (bicyclic) bond motifs is 3. The number of anilines is 1. The lowest BCUT2D eigenvalue weighted by Crippen LogP contribution is -2.21. The lowest BCUT2D eigenvalue weighted by atomic mass is 10.00. The summed E-state index contributed by atoms with van der Waals surface area (Å²) < 4.78 is 7.45. The average molecular weight is 465 g/mol. The van der Waals surface area contributed by atoms with Crippen molar-refractivity contribution in [2.45, 2.75) is 27.3 Å². The Morgan fingerprint density at radius 3 is 2.59 bits per heavy atom. The molecule has 0 saturated heterocycles. The van der Waals surface area contributed by atoms with Gasteiger partial charge in [-0.15, -0.1) is 21.5 Å². The molecule has 0 fully saturated rings. The minimum atomic E-state index is 0.416. The molecular formula is C23H21ClN6OS. The minimum Gasteiger partial charge on any atom is -0.497 e. The second kappa shape index (κ2) is 8.03. The molecule has 0 spiro atoms. The van der Waals surface area contributed by atoms with Gasteiger partial charge in [-0.3, -0.25) is 9.55 Å². The number of thiophene rings is 1. The molecule has 0 atom stereocenters. The van der Waals surface area contributed by atoms with E-state index in [2.05, 4.69) is 33.6 Å². The van der Waals surface area contributed by atoms with Crippen LogP contribution in [0, 0.1) is 20.8 Å². The Kier molecular flexibility index (Phi) is 5.19. The summed E-state index contributed by atoms with van der Waals surface area (Å²) in [7, 11) is 1.64. The van der Waals surface area contributed by atoms with Crippen LogP contribution in [0.2, 0.25) is 5.02 Å². The van der Waals surface area contributed by atoms with Crippen molar-refractivity contribution in [1.29, 1.82) is 0 Å². The normalized spacial score (nSPS) is 12.8. The number of hydrazone groups is 1. The maximum absolute atomic E-state index is 6.17. The Balaban J connectivity index is 1.73. The largest absolute Gasteiger partial charge is 0.497 e. The molecule has 3 aromatic heterocycles. The Labute approximate surface area is 195 Å². The van der Waals surface area contributed by atoms with Crippen LogP contribution in [0.3, 0.4) is 0 Å². The first-order chi connectivity index (χ1) is 15.5. The van der Waals surface area contributed by atoms with E-state index in [-0.39, 0.29) is 0 Å². The molecule has 0 radical (unpaired) electrons. The highest BCUT2D eigenvalue weighted by molar-refractivity contribution is 7.15. The lowest BCUT2D eigenvalue weighted by molar-refractivity contribution is 0.413. The molecule has 1 aromatic carbocycles. The van der Waals surface area contributed by atoms with E-state index in [9.17, 15) is 0 Å². The highest BCUT2D eigenvalue weighted by Crippen LogP contribution is 2.38. The second-order valence-corrected chi connectivity index (χ2v) is 9.19. The van der Waals surface area contributed by atoms with E-state index in [0.29, 0.717) is 17.5 Å². The highest BCUT2D eigenvalue weighted by atomic mass is 35.5. The predicted molar refractivity (Wildman–Crippen MR) is 128 cm³/mol. The van der Waals surface area contributed by atoms with Crippen LogP contribution >= 0.6 is 22.9 Å². The third-order valence-electron chi connectivity index (χ3n) is 5.52. The number of rotatable bonds is 4. The zero-order valence-electron chi connectivity index (χ0n) is 18.1. The number of hydrogen-bond acceptors (Lipinski definition) is 7. The molecule has 7 nitrogen and oxygen atoms in total. The molecule has 1 aliphatic heterocycles. The van der Waals surface area contributed by atoms with Gasteiger partial charge < -0.3 is 4.74 Å². The molecule has 4 heterocycles. The maximum Gasteiger partial charge on any atom is 0.253 e. The van der Waals surface area contributed by atoms with Crippen LogP contribution < -0.4 is 9.75 Å². The monoisotopic (exact) mass is 464 g/mol. The number of halogens is 1. The molecule has 9 heteroatoms. The molecule has 0 aliphatic carbocycles. The number of ether oxygens (including phenoxy) is 1. The van der Waals surface area contributed by atoms with Crippen molar-refractivity contribution in [3.8, 4) is 10.8 Å². The van der Waals surface area contributed by atoms with Crippen molar-refractivity contribution in [3.63, 3.8) is 0 Å². The Bertz CT molecular complexity index is 1340. The number of hydrogen-bond donors (Lipinski definition) is 0. The van der Waals surface area contributed by atoms with E-state index >= 15 is 0 Å². The predicted octanol–water partition coefficient (Wildman–Crippen LogP) is 5.08. The van der Waals surface area contributed by atoms with Crippen molar-refractivity contribution in [1.82, 2.24) is 19.7 Å². The summed E-state index contributed by atoms with van der Waals surface area (Å²) in [6.45, 7) is 6.64. The molecule has 1 aliphatic rings. The Morgan fingerprint density at radius 1 is 1.06 bits per heavy atom. The highest BCUT2D eigenvalue weighted by Gasteiger charge is 2.30. The van der Waals surface area contributed by atoms with Crippen LogP contribution in [0.25, 0.3) is 5.00 Å². The average Bonchev–Trinajstić information content (AvgIpc) is 3.27. The van der Waals surface area contributed by atoms with Crippen LogP contribution in [-0.2, 0) is 6.54 Å². The third-order valence-corrected chi connectivity index (χ3v) is 6.96. The van der Waals surface area contributed by atoms with Crippen molar-refractivity contribution in [2.24, 2.45) is 5.10 Å². The molecule has 0 unspecified atom stereocenters. The van der Waals surface area contributed by atoms with Crippen LogP contribution in [0.5, 0.6) is 5.75 Å². The number of pyridine rings is 1. The first-order valence-electron chi connectivity index (χ1n) is 10.1. The summed E-state index contributed by atoms with van der Waals surface area (Å²) in [6, 6.07) is 11.5. The van der Waals surface area contributed by atoms with Crippen molar-refractivity contribution in [3.05, 3.63) is 80.7 Å². The van der Waals surface area contributed by atoms with Gasteiger partial charge in [-0.1, -0.05) is 23.7 Å². The summed E-state index contributed by atoms with van der Waals surface area (Å²) in [5.41, 5.74) is 4.94. The summed E-state index contributed by atoms with van der Waals surface area (Å²) in [4.78, 5) is 5.74. The van der Waals surface area contributed by atoms with Gasteiger partial charge in [0.05, 0.1) is 19.3 Å². The van der Waals surface area contributed by atoms with Gasteiger partial charge in [-0.2, -0.15) is 5.10 Å². The zero-order valence-corrected chi connectivity index (χ0v) is 19.7. The molecule has 5 rings (SSSR count). The topological polar surface area (TPSA) is 68.4 Å². The zero-order chi connectivity index (χ0) is 22.4. The first-order valence-corrected chi connectivity index (χ1v) is 11.3. The fourth-order valence-corrected chi connectivity index (χ4v) is 5.08. The Hall–Kier alpha value is -3.23. The van der Waals surface area contributed by atoms with Gasteiger partial charge in [-0.05, 0) is 44.5 Å². The van der Waals surface area contributed by atoms with Crippen LogP contribution in [0.1, 0.15) is 33.1 Å². The van der Waals surface area contributed by atoms with Crippen LogP contribution in [0.4, 0.5) is 5.95 Å². The van der Waals surface area contributed by atoms with E-state index < -0.39 is 0 Å². The van der Waals surface area contributed by atoms with E-state index in [1.165, 1.54) is 10.4 Å². The SMILES string of the molecule is COc1ccnc(CN2N=C(c3ccc(Cl)cc3)c3c(sc(C)c3C)-n3c(C)nnc32)c1. The molecule has 0 bridgehead atoms. The fourth-order valence-electron chi connectivity index (χ4n) is 3.76. The molecule has 0 saturated carbocycles. The molecular weight excluding hydrogens is 444 g/mol. The number of nitrogens with zero attached hydrogens (tertiary/aromatic N) is 6. The van der Waals surface area contributed by atoms with Gasteiger partial charge in [0.2, 0.25) is 0 Å². The van der Waals surface area contributed by atoms with Gasteiger partial charge in [0.1, 0.15) is 22.3 Å². The first kappa shape index (κ1) is 20.7. The quantitative estimate of drug-likeness (QED) is 0.421.